The number of imide groups is 1. The number of rotatable bonds is 22. The number of nitrogens with zero attached hydrogens (tertiary/aromatic N) is 4. The Morgan fingerprint density at radius 1 is 0.772 bits per heavy atom. The summed E-state index contributed by atoms with van der Waals surface area (Å²) in [5.41, 5.74) is 3.05. The zero-order chi connectivity index (χ0) is 55.8. The van der Waals surface area contributed by atoms with Crippen molar-refractivity contribution in [1.82, 2.24) is 5.06 Å². The summed E-state index contributed by atoms with van der Waals surface area (Å²) in [6.07, 6.45) is 10.9. The van der Waals surface area contributed by atoms with Crippen molar-refractivity contribution in [2.75, 3.05) is 23.0 Å². The van der Waals surface area contributed by atoms with Crippen LogP contribution in [-0.4, -0.2) is 98.5 Å². The van der Waals surface area contributed by atoms with Crippen molar-refractivity contribution in [3.8, 4) is 0 Å². The Labute approximate surface area is 532 Å². The van der Waals surface area contributed by atoms with E-state index in [2.05, 4.69) is 0 Å². The molecule has 1 saturated heterocycles. The number of aliphatic imine (C=N–C) groups is 1. The van der Waals surface area contributed by atoms with Gasteiger partial charge in [0.15, 0.2) is 5.71 Å². The maximum absolute atomic E-state index is 12.6. The van der Waals surface area contributed by atoms with Crippen LogP contribution in [0.3, 0.4) is 0 Å². The molecule has 7 rings (SSSR count). The number of hydroxylamine groups is 2. The number of anilines is 1. The second kappa shape index (κ2) is 27.3. The van der Waals surface area contributed by atoms with E-state index in [0.29, 0.717) is 88.0 Å². The summed E-state index contributed by atoms with van der Waals surface area (Å²) in [6.45, 7) is 7.90. The summed E-state index contributed by atoms with van der Waals surface area (Å²) in [5, 5.41) is 0.785. The Bertz CT molecular complexity index is 3630. The number of aromatic nitrogens is 1. The molecule has 0 N–H and O–H groups in total. The number of hydrogen-bond acceptors (Lipinski definition) is 18. The van der Waals surface area contributed by atoms with Crippen LogP contribution in [0, 0.1) is 0 Å². The molecular formula is C51H54ClN4Na3O16S4. The van der Waals surface area contributed by atoms with Gasteiger partial charge >= 0.3 is 100 Å². The second-order valence-corrected chi connectivity index (χ2v) is 26.0. The maximum Gasteiger partial charge on any atom is 1.00 e. The fourth-order valence-electron chi connectivity index (χ4n) is 9.73. The van der Waals surface area contributed by atoms with Crippen LogP contribution in [0.1, 0.15) is 108 Å². The number of allylic oxidation sites excluding steroid dienone is 6. The van der Waals surface area contributed by atoms with Crippen molar-refractivity contribution in [2.24, 2.45) is 4.99 Å². The number of benzene rings is 3. The normalized spacial score (nSPS) is 16.6. The van der Waals surface area contributed by atoms with Crippen LogP contribution in [0.15, 0.2) is 106 Å². The van der Waals surface area contributed by atoms with E-state index in [4.69, 9.17) is 21.4 Å². The standard InChI is InChI=1S/C51H57ClN4O16S4.3Na/c1-50(2)40-29-36(52)32-54(24-7-9-26-73(60,61)62)49(40)53-43(50)20-16-34(35-14-11-13-33(28-35)12-5-6-15-47(59)72-56-45(57)22-23-46(56)58)17-21-44-51(3,4)48-39-30-37(75(66,67)68)31-42(76(69,70)71)38(39)18-19-41(48)55(44)25-8-10-27-74(63,64)65;;;/h11,13-14,16-21,28-32H,5-10,12,15,22-27H2,1-4H3,(H3-,60,61,62,63,64,65,66,67,68,69,70,71);;;/q;3*+1/p-3. The summed E-state index contributed by atoms with van der Waals surface area (Å²) in [7, 11) is -19.6. The van der Waals surface area contributed by atoms with Crippen LogP contribution in [-0.2, 0) is 83.5 Å². The number of halogens is 1. The minimum atomic E-state index is -5.33. The van der Waals surface area contributed by atoms with E-state index in [0.717, 1.165) is 17.2 Å². The molecule has 2 amide bonds. The van der Waals surface area contributed by atoms with Gasteiger partial charge in [0.2, 0.25) is 0 Å². The van der Waals surface area contributed by atoms with Crippen LogP contribution in [0.25, 0.3) is 16.3 Å². The van der Waals surface area contributed by atoms with Crippen LogP contribution in [0.2, 0.25) is 5.02 Å². The predicted molar refractivity (Wildman–Crippen MR) is 276 cm³/mol. The minimum Gasteiger partial charge on any atom is -0.748 e. The van der Waals surface area contributed by atoms with Gasteiger partial charge in [-0.05, 0) is 133 Å². The summed E-state index contributed by atoms with van der Waals surface area (Å²) in [4.78, 5) is 46.4. The molecule has 0 unspecified atom stereocenters. The molecule has 1 aromatic heterocycles. The monoisotopic (exact) mass is 1210 g/mol. The van der Waals surface area contributed by atoms with Crippen LogP contribution < -0.4 is 98.1 Å². The third-order valence-corrected chi connectivity index (χ3v) is 17.0. The molecular weight excluding hydrogens is 1160 g/mol. The van der Waals surface area contributed by atoms with E-state index in [1.165, 1.54) is 6.07 Å². The first-order valence-corrected chi connectivity index (χ1v) is 30.5. The zero-order valence-electron chi connectivity index (χ0n) is 44.8. The van der Waals surface area contributed by atoms with E-state index in [1.54, 1.807) is 38.3 Å². The van der Waals surface area contributed by atoms with E-state index in [1.807, 2.05) is 65.8 Å². The van der Waals surface area contributed by atoms with Crippen molar-refractivity contribution in [1.29, 1.82) is 0 Å². The number of carbonyl (C=O) groups is 3. The third kappa shape index (κ3) is 17.0. The summed E-state index contributed by atoms with van der Waals surface area (Å²) in [6, 6.07) is 13.8. The van der Waals surface area contributed by atoms with E-state index >= 15 is 0 Å². The van der Waals surface area contributed by atoms with Gasteiger partial charge in [0.25, 0.3) is 11.8 Å². The van der Waals surface area contributed by atoms with Gasteiger partial charge in [-0.3, -0.25) is 9.59 Å². The van der Waals surface area contributed by atoms with Crippen LogP contribution in [0.5, 0.6) is 0 Å². The van der Waals surface area contributed by atoms with Gasteiger partial charge in [0, 0.05) is 54.1 Å². The van der Waals surface area contributed by atoms with E-state index < -0.39 is 90.4 Å². The molecule has 3 aromatic carbocycles. The quantitative estimate of drug-likeness (QED) is 0.0192. The molecule has 0 spiro atoms. The molecule has 4 aromatic rings. The van der Waals surface area contributed by atoms with Crippen LogP contribution in [0.4, 0.5) is 11.5 Å². The molecule has 3 aliphatic heterocycles. The first-order valence-electron chi connectivity index (χ1n) is 24.1. The number of pyridine rings is 1. The molecule has 408 valence electrons. The first kappa shape index (κ1) is 68.8. The molecule has 0 atom stereocenters. The molecule has 4 heterocycles. The topological polar surface area (TPSA) is 312 Å². The Morgan fingerprint density at radius 3 is 2.04 bits per heavy atom. The number of carbonyl (C=O) groups excluding carboxylic acids is 3. The number of aryl methyl sites for hydroxylation is 2. The Morgan fingerprint density at radius 2 is 1.42 bits per heavy atom. The van der Waals surface area contributed by atoms with Crippen molar-refractivity contribution >= 4 is 103 Å². The fraction of sp³-hybridized carbons (Fsp3) is 0.392. The van der Waals surface area contributed by atoms with Gasteiger partial charge < -0.3 is 27.9 Å². The maximum atomic E-state index is 12.6. The molecule has 0 bridgehead atoms. The molecule has 0 saturated carbocycles. The number of unbranched alkanes of at least 4 members (excludes halogenated alkanes) is 3. The fourth-order valence-corrected chi connectivity index (χ4v) is 12.4. The molecule has 0 radical (unpaired) electrons. The van der Waals surface area contributed by atoms with E-state index in [9.17, 15) is 66.3 Å². The SMILES string of the molecule is CC1(C)C(/C=C/C(=C/C=C2\N(CCCCS(=O)(=O)[O-])c3ccc4c(S(=O)(=O)[O-])cc(S(=O)(=O)[O-])cc4c3C2(C)C)c2cccc(CCCCC(=O)ON3C(=O)CCC3=O)c2)=Nc2c1cc(Cl)c[n+]2CCCCS(=O)(=O)[O-].[Na+].[Na+].[Na+]. The smallest absolute Gasteiger partial charge is 0.748 e. The van der Waals surface area contributed by atoms with Crippen molar-refractivity contribution in [3.63, 3.8) is 0 Å². The first-order chi connectivity index (χ1) is 35.3. The Balaban J connectivity index is 0.00000448. The minimum absolute atomic E-state index is 0. The van der Waals surface area contributed by atoms with Crippen molar-refractivity contribution < 1.29 is 164 Å². The molecule has 0 aliphatic carbocycles. The zero-order valence-corrected chi connectivity index (χ0v) is 54.8. The van der Waals surface area contributed by atoms with Gasteiger partial charge in [0.1, 0.15) is 26.4 Å². The average Bonchev–Trinajstić information content (AvgIpc) is 3.93. The Kier molecular flexibility index (Phi) is 23.8. The number of hydrogen-bond donors (Lipinski definition) is 0. The molecule has 79 heavy (non-hydrogen) atoms. The number of fused-ring (bicyclic) bond motifs is 4. The summed E-state index contributed by atoms with van der Waals surface area (Å²) in [5.74, 6) is -2.47. The third-order valence-electron chi connectivity index (χ3n) is 13.5. The summed E-state index contributed by atoms with van der Waals surface area (Å²) >= 11 is 6.61. The van der Waals surface area contributed by atoms with Gasteiger partial charge in [0.05, 0.1) is 52.6 Å². The van der Waals surface area contributed by atoms with Crippen molar-refractivity contribution in [3.05, 3.63) is 118 Å². The van der Waals surface area contributed by atoms with Crippen LogP contribution >= 0.6 is 11.6 Å². The van der Waals surface area contributed by atoms with Gasteiger partial charge in [-0.1, -0.05) is 67.9 Å². The Hall–Kier alpha value is -2.70. The molecule has 20 nitrogen and oxygen atoms in total. The number of amides is 2. The second-order valence-electron chi connectivity index (χ2n) is 19.8. The molecule has 1 fully saturated rings. The van der Waals surface area contributed by atoms with Gasteiger partial charge in [-0.25, -0.2) is 43.0 Å². The average molecular weight is 1210 g/mol. The largest absolute Gasteiger partial charge is 1.00 e. The molecule has 28 heteroatoms. The van der Waals surface area contributed by atoms with Gasteiger partial charge in [-0.2, -0.15) is 0 Å². The predicted octanol–water partition coefficient (Wildman–Crippen LogP) is -2.74. The van der Waals surface area contributed by atoms with Crippen molar-refractivity contribution in [2.45, 2.75) is 119 Å². The molecule has 3 aliphatic rings. The van der Waals surface area contributed by atoms with E-state index in [-0.39, 0.29) is 145 Å². The van der Waals surface area contributed by atoms with Gasteiger partial charge in [-0.15, -0.1) is 5.06 Å². The summed E-state index contributed by atoms with van der Waals surface area (Å²) < 4.78 is 146.